The quantitative estimate of drug-likeness (QED) is 0.591. The first-order valence-corrected chi connectivity index (χ1v) is 3.50. The van der Waals surface area contributed by atoms with Crippen molar-refractivity contribution in [1.29, 1.82) is 0 Å². The molecule has 0 fully saturated rings. The number of nitrogens with two attached hydrogens (primary N) is 1. The SMILES string of the molecule is Nc1cnc2c(=O)[nH]ccc2c1. The van der Waals surface area contributed by atoms with E-state index in [1.807, 2.05) is 0 Å². The zero-order chi connectivity index (χ0) is 8.55. The lowest BCUT2D eigenvalue weighted by molar-refractivity contribution is 1.24. The predicted molar refractivity (Wildman–Crippen MR) is 46.8 cm³/mol. The van der Waals surface area contributed by atoms with Gasteiger partial charge < -0.3 is 10.7 Å². The molecule has 2 rings (SSSR count). The number of pyridine rings is 2. The summed E-state index contributed by atoms with van der Waals surface area (Å²) in [6.07, 6.45) is 3.04. The second kappa shape index (κ2) is 2.34. The second-order valence-electron chi connectivity index (χ2n) is 2.51. The van der Waals surface area contributed by atoms with Crippen LogP contribution in [-0.4, -0.2) is 9.97 Å². The first kappa shape index (κ1) is 6.84. The number of nitrogens with one attached hydrogen (secondary N) is 1. The molecule has 2 aromatic heterocycles. The zero-order valence-corrected chi connectivity index (χ0v) is 6.24. The summed E-state index contributed by atoms with van der Waals surface area (Å²) in [5.41, 5.74) is 6.30. The van der Waals surface area contributed by atoms with Crippen LogP contribution in [0.1, 0.15) is 0 Å². The van der Waals surface area contributed by atoms with Crippen molar-refractivity contribution in [3.63, 3.8) is 0 Å². The van der Waals surface area contributed by atoms with Crippen LogP contribution in [0.15, 0.2) is 29.3 Å². The van der Waals surface area contributed by atoms with E-state index in [4.69, 9.17) is 5.73 Å². The van der Waals surface area contributed by atoms with Crippen LogP contribution in [0.2, 0.25) is 0 Å². The molecule has 4 heteroatoms. The highest BCUT2D eigenvalue weighted by Gasteiger charge is 1.97. The van der Waals surface area contributed by atoms with Gasteiger partial charge in [-0.05, 0) is 12.1 Å². The van der Waals surface area contributed by atoms with Crippen molar-refractivity contribution in [3.05, 3.63) is 34.9 Å². The molecule has 0 atom stereocenters. The normalized spacial score (nSPS) is 10.3. The number of H-pyrrole nitrogens is 1. The Morgan fingerprint density at radius 2 is 2.33 bits per heavy atom. The molecule has 60 valence electrons. The molecule has 0 radical (unpaired) electrons. The highest BCUT2D eigenvalue weighted by atomic mass is 16.1. The fourth-order valence-electron chi connectivity index (χ4n) is 1.09. The Kier molecular flexibility index (Phi) is 1.33. The van der Waals surface area contributed by atoms with Crippen LogP contribution < -0.4 is 11.3 Å². The number of nitrogen functional groups attached to an aromatic ring is 1. The number of hydrogen-bond acceptors (Lipinski definition) is 3. The van der Waals surface area contributed by atoms with E-state index in [2.05, 4.69) is 9.97 Å². The summed E-state index contributed by atoms with van der Waals surface area (Å²) in [4.78, 5) is 17.6. The maximum absolute atomic E-state index is 11.1. The van der Waals surface area contributed by atoms with E-state index >= 15 is 0 Å². The third kappa shape index (κ3) is 0.934. The van der Waals surface area contributed by atoms with Crippen LogP contribution in [-0.2, 0) is 0 Å². The van der Waals surface area contributed by atoms with Crippen LogP contribution >= 0.6 is 0 Å². The standard InChI is InChI=1S/C8H7N3O/c9-6-3-5-1-2-10-8(12)7(5)11-4-6/h1-4H,9H2,(H,10,12). The van der Waals surface area contributed by atoms with E-state index in [1.165, 1.54) is 6.20 Å². The summed E-state index contributed by atoms with van der Waals surface area (Å²) >= 11 is 0. The molecule has 2 aromatic rings. The molecular weight excluding hydrogens is 154 g/mol. The Morgan fingerprint density at radius 1 is 1.50 bits per heavy atom. The van der Waals surface area contributed by atoms with Crippen molar-refractivity contribution in [3.8, 4) is 0 Å². The highest BCUT2D eigenvalue weighted by Crippen LogP contribution is 2.08. The van der Waals surface area contributed by atoms with E-state index in [1.54, 1.807) is 18.3 Å². The van der Waals surface area contributed by atoms with Gasteiger partial charge in [-0.25, -0.2) is 4.98 Å². The number of aromatic amines is 1. The van der Waals surface area contributed by atoms with Crippen LogP contribution in [0, 0.1) is 0 Å². The zero-order valence-electron chi connectivity index (χ0n) is 6.24. The van der Waals surface area contributed by atoms with E-state index in [9.17, 15) is 4.79 Å². The Bertz CT molecular complexity index is 475. The molecule has 4 nitrogen and oxygen atoms in total. The van der Waals surface area contributed by atoms with Crippen molar-refractivity contribution < 1.29 is 0 Å². The van der Waals surface area contributed by atoms with Gasteiger partial charge in [0.1, 0.15) is 5.52 Å². The van der Waals surface area contributed by atoms with Crippen LogP contribution in [0.25, 0.3) is 10.9 Å². The van der Waals surface area contributed by atoms with Crippen LogP contribution in [0.4, 0.5) is 5.69 Å². The van der Waals surface area contributed by atoms with Crippen molar-refractivity contribution in [2.45, 2.75) is 0 Å². The maximum Gasteiger partial charge on any atom is 0.274 e. The van der Waals surface area contributed by atoms with Crippen molar-refractivity contribution in [1.82, 2.24) is 9.97 Å². The smallest absolute Gasteiger partial charge is 0.274 e. The molecule has 0 aliphatic carbocycles. The minimum Gasteiger partial charge on any atom is -0.397 e. The number of rotatable bonds is 0. The van der Waals surface area contributed by atoms with E-state index in [0.29, 0.717) is 11.2 Å². The van der Waals surface area contributed by atoms with Crippen molar-refractivity contribution >= 4 is 16.6 Å². The monoisotopic (exact) mass is 161 g/mol. The molecule has 0 aliphatic rings. The topological polar surface area (TPSA) is 71.8 Å². The lowest BCUT2D eigenvalue weighted by atomic mass is 10.2. The molecule has 0 saturated carbocycles. The molecule has 0 amide bonds. The van der Waals surface area contributed by atoms with Gasteiger partial charge in [0, 0.05) is 11.6 Å². The summed E-state index contributed by atoms with van der Waals surface area (Å²) < 4.78 is 0. The van der Waals surface area contributed by atoms with Crippen molar-refractivity contribution in [2.75, 3.05) is 5.73 Å². The summed E-state index contributed by atoms with van der Waals surface area (Å²) in [5, 5.41) is 0.763. The minimum atomic E-state index is -0.187. The number of aromatic nitrogens is 2. The average Bonchev–Trinajstić information content (AvgIpc) is 2.04. The van der Waals surface area contributed by atoms with Crippen LogP contribution in [0.3, 0.4) is 0 Å². The Balaban J connectivity index is 2.96. The molecule has 2 heterocycles. The van der Waals surface area contributed by atoms with Gasteiger partial charge >= 0.3 is 0 Å². The van der Waals surface area contributed by atoms with Gasteiger partial charge in [-0.1, -0.05) is 0 Å². The Labute approximate surface area is 68.1 Å². The lowest BCUT2D eigenvalue weighted by Crippen LogP contribution is -2.06. The molecule has 0 saturated heterocycles. The first-order valence-electron chi connectivity index (χ1n) is 3.50. The summed E-state index contributed by atoms with van der Waals surface area (Å²) in [7, 11) is 0. The molecule has 0 bridgehead atoms. The third-order valence-electron chi connectivity index (χ3n) is 1.63. The van der Waals surface area contributed by atoms with E-state index < -0.39 is 0 Å². The van der Waals surface area contributed by atoms with Gasteiger partial charge in [0.05, 0.1) is 11.9 Å². The summed E-state index contributed by atoms with van der Waals surface area (Å²) in [5.74, 6) is 0. The number of fused-ring (bicyclic) bond motifs is 1. The third-order valence-corrected chi connectivity index (χ3v) is 1.63. The average molecular weight is 161 g/mol. The van der Waals surface area contributed by atoms with Crippen molar-refractivity contribution in [2.24, 2.45) is 0 Å². The highest BCUT2D eigenvalue weighted by molar-refractivity contribution is 5.79. The minimum absolute atomic E-state index is 0.187. The van der Waals surface area contributed by atoms with Gasteiger partial charge in [-0.3, -0.25) is 4.79 Å². The van der Waals surface area contributed by atoms with Gasteiger partial charge in [-0.2, -0.15) is 0 Å². The van der Waals surface area contributed by atoms with E-state index in [0.717, 1.165) is 5.39 Å². The molecule has 3 N–H and O–H groups in total. The predicted octanol–water partition coefficient (Wildman–Crippen LogP) is 0.505. The van der Waals surface area contributed by atoms with Gasteiger partial charge in [-0.15, -0.1) is 0 Å². The molecule has 0 unspecified atom stereocenters. The Morgan fingerprint density at radius 3 is 3.17 bits per heavy atom. The van der Waals surface area contributed by atoms with E-state index in [-0.39, 0.29) is 5.56 Å². The summed E-state index contributed by atoms with van der Waals surface area (Å²) in [6.45, 7) is 0. The second-order valence-corrected chi connectivity index (χ2v) is 2.51. The maximum atomic E-state index is 11.1. The molecule has 0 spiro atoms. The van der Waals surface area contributed by atoms with Gasteiger partial charge in [0.2, 0.25) is 0 Å². The van der Waals surface area contributed by atoms with Gasteiger partial charge in [0.25, 0.3) is 5.56 Å². The number of anilines is 1. The van der Waals surface area contributed by atoms with Crippen LogP contribution in [0.5, 0.6) is 0 Å². The molecule has 12 heavy (non-hydrogen) atoms. The largest absolute Gasteiger partial charge is 0.397 e. The number of hydrogen-bond donors (Lipinski definition) is 2. The molecular formula is C8H7N3O. The molecule has 0 aliphatic heterocycles. The van der Waals surface area contributed by atoms with Gasteiger partial charge in [0.15, 0.2) is 0 Å². The molecule has 0 aromatic carbocycles. The lowest BCUT2D eigenvalue weighted by Gasteiger charge is -1.95. The fourth-order valence-corrected chi connectivity index (χ4v) is 1.09. The summed E-state index contributed by atoms with van der Waals surface area (Å²) in [6, 6.07) is 3.48. The Hall–Kier alpha value is -1.84. The number of nitrogens with zero attached hydrogens (tertiary/aromatic N) is 1. The first-order chi connectivity index (χ1) is 5.77. The fraction of sp³-hybridized carbons (Fsp3) is 0.